The van der Waals surface area contributed by atoms with Crippen LogP contribution in [0, 0.1) is 0 Å². The summed E-state index contributed by atoms with van der Waals surface area (Å²) in [7, 11) is 0. The molecule has 0 radical (unpaired) electrons. The lowest BCUT2D eigenvalue weighted by atomic mass is 10.2. The highest BCUT2D eigenvalue weighted by Gasteiger charge is 2.20. The van der Waals surface area contributed by atoms with E-state index in [4.69, 9.17) is 5.73 Å². The molecule has 1 aliphatic heterocycles. The Morgan fingerprint density at radius 1 is 1.44 bits per heavy atom. The van der Waals surface area contributed by atoms with Gasteiger partial charge in [-0.25, -0.2) is 4.98 Å². The summed E-state index contributed by atoms with van der Waals surface area (Å²) in [5.74, 6) is 0.468. The van der Waals surface area contributed by atoms with E-state index in [9.17, 15) is 5.11 Å². The Hall–Kier alpha value is -1.72. The maximum absolute atomic E-state index is 9.50. The van der Waals surface area contributed by atoms with E-state index in [2.05, 4.69) is 20.9 Å². The Morgan fingerprint density at radius 3 is 3.11 bits per heavy atom. The van der Waals surface area contributed by atoms with Gasteiger partial charge in [0, 0.05) is 37.4 Å². The number of anilines is 1. The number of hydrogen-bond donors (Lipinski definition) is 2. The highest BCUT2D eigenvalue weighted by atomic mass is 16.3. The summed E-state index contributed by atoms with van der Waals surface area (Å²) < 4.78 is 0. The minimum Gasteiger partial charge on any atom is -0.392 e. The van der Waals surface area contributed by atoms with Crippen molar-refractivity contribution in [2.45, 2.75) is 19.1 Å². The van der Waals surface area contributed by atoms with Crippen molar-refractivity contribution < 1.29 is 5.11 Å². The van der Waals surface area contributed by atoms with Gasteiger partial charge in [0.25, 0.3) is 0 Å². The van der Waals surface area contributed by atoms with E-state index in [1.165, 1.54) is 0 Å². The predicted octanol–water partition coefficient (Wildman–Crippen LogP) is 0.779. The van der Waals surface area contributed by atoms with E-state index < -0.39 is 0 Å². The number of nitrogens with zero attached hydrogens (tertiary/aromatic N) is 3. The molecular formula is C13H16N4O. The monoisotopic (exact) mass is 244 g/mol. The first-order valence-electron chi connectivity index (χ1n) is 6.12. The van der Waals surface area contributed by atoms with Gasteiger partial charge in [0.05, 0.1) is 6.10 Å². The molecule has 3 rings (SSSR count). The van der Waals surface area contributed by atoms with Gasteiger partial charge in [-0.15, -0.1) is 0 Å². The van der Waals surface area contributed by atoms with E-state index in [1.807, 2.05) is 12.3 Å². The summed E-state index contributed by atoms with van der Waals surface area (Å²) in [5.41, 5.74) is 7.66. The third-order valence-corrected chi connectivity index (χ3v) is 3.34. The van der Waals surface area contributed by atoms with Crippen LogP contribution < -0.4 is 5.73 Å². The van der Waals surface area contributed by atoms with Gasteiger partial charge in [0.15, 0.2) is 0 Å². The molecule has 2 aromatic rings. The lowest BCUT2D eigenvalue weighted by molar-refractivity contribution is 0.175. The fourth-order valence-electron chi connectivity index (χ4n) is 2.43. The van der Waals surface area contributed by atoms with Crippen LogP contribution >= 0.6 is 0 Å². The Morgan fingerprint density at radius 2 is 2.33 bits per heavy atom. The molecule has 0 saturated carbocycles. The summed E-state index contributed by atoms with van der Waals surface area (Å²) in [6, 6.07) is 4.01. The van der Waals surface area contributed by atoms with Gasteiger partial charge >= 0.3 is 0 Å². The molecule has 0 spiro atoms. The van der Waals surface area contributed by atoms with Crippen LogP contribution in [0.3, 0.4) is 0 Å². The molecular weight excluding hydrogens is 228 g/mol. The molecule has 3 N–H and O–H groups in total. The number of aliphatic hydroxyl groups is 1. The summed E-state index contributed by atoms with van der Waals surface area (Å²) in [6.45, 7) is 2.51. The second-order valence-electron chi connectivity index (χ2n) is 4.79. The second-order valence-corrected chi connectivity index (χ2v) is 4.79. The van der Waals surface area contributed by atoms with E-state index in [-0.39, 0.29) is 6.10 Å². The molecule has 1 saturated heterocycles. The third kappa shape index (κ3) is 2.14. The zero-order valence-corrected chi connectivity index (χ0v) is 10.1. The Kier molecular flexibility index (Phi) is 2.85. The van der Waals surface area contributed by atoms with E-state index >= 15 is 0 Å². The van der Waals surface area contributed by atoms with Crippen molar-refractivity contribution in [1.82, 2.24) is 14.9 Å². The molecule has 18 heavy (non-hydrogen) atoms. The number of nitrogen functional groups attached to an aromatic ring is 1. The number of likely N-dealkylation sites (tertiary alicyclic amines) is 1. The summed E-state index contributed by atoms with van der Waals surface area (Å²) in [5, 5.41) is 10.5. The number of fused-ring (bicyclic) bond motifs is 1. The average molecular weight is 244 g/mol. The van der Waals surface area contributed by atoms with E-state index in [1.54, 1.807) is 6.20 Å². The molecule has 94 valence electrons. The van der Waals surface area contributed by atoms with Gasteiger partial charge in [0.1, 0.15) is 11.3 Å². The molecule has 2 aromatic heterocycles. The maximum atomic E-state index is 9.50. The van der Waals surface area contributed by atoms with Gasteiger partial charge in [-0.3, -0.25) is 9.88 Å². The second kappa shape index (κ2) is 4.51. The van der Waals surface area contributed by atoms with Gasteiger partial charge in [-0.1, -0.05) is 0 Å². The topological polar surface area (TPSA) is 75.3 Å². The molecule has 1 aliphatic rings. The molecule has 5 heteroatoms. The van der Waals surface area contributed by atoms with Crippen molar-refractivity contribution in [2.75, 3.05) is 18.8 Å². The SMILES string of the molecule is Nc1nccc2cc(CN3CC[C@@H](O)C3)cnc12. The normalized spacial score (nSPS) is 20.6. The minimum absolute atomic E-state index is 0.182. The van der Waals surface area contributed by atoms with Crippen LogP contribution in [0.1, 0.15) is 12.0 Å². The molecule has 1 fully saturated rings. The number of aliphatic hydroxyl groups excluding tert-OH is 1. The van der Waals surface area contributed by atoms with Crippen LogP contribution in [0.25, 0.3) is 10.9 Å². The summed E-state index contributed by atoms with van der Waals surface area (Å²) in [4.78, 5) is 10.6. The van der Waals surface area contributed by atoms with Gasteiger partial charge < -0.3 is 10.8 Å². The molecule has 0 amide bonds. The molecule has 0 aliphatic carbocycles. The van der Waals surface area contributed by atoms with Crippen molar-refractivity contribution >= 4 is 16.7 Å². The third-order valence-electron chi connectivity index (χ3n) is 3.34. The van der Waals surface area contributed by atoms with Crippen LogP contribution in [0.4, 0.5) is 5.82 Å². The molecule has 3 heterocycles. The van der Waals surface area contributed by atoms with Gasteiger partial charge in [-0.2, -0.15) is 0 Å². The fourth-order valence-corrected chi connectivity index (χ4v) is 2.43. The number of nitrogens with two attached hydrogens (primary N) is 1. The maximum Gasteiger partial charge on any atom is 0.149 e. The zero-order chi connectivity index (χ0) is 12.5. The lowest BCUT2D eigenvalue weighted by Crippen LogP contribution is -2.21. The van der Waals surface area contributed by atoms with Crippen LogP contribution in [0.5, 0.6) is 0 Å². The minimum atomic E-state index is -0.182. The average Bonchev–Trinajstić information content (AvgIpc) is 2.75. The number of hydrogen-bond acceptors (Lipinski definition) is 5. The Labute approximate surface area is 105 Å². The van der Waals surface area contributed by atoms with E-state index in [0.717, 1.165) is 42.5 Å². The van der Waals surface area contributed by atoms with Gasteiger partial charge in [0.2, 0.25) is 0 Å². The van der Waals surface area contributed by atoms with Crippen LogP contribution in [-0.2, 0) is 6.54 Å². The Bertz CT molecular complexity index is 572. The van der Waals surface area contributed by atoms with Gasteiger partial charge in [-0.05, 0) is 24.1 Å². The first-order valence-corrected chi connectivity index (χ1v) is 6.12. The largest absolute Gasteiger partial charge is 0.392 e. The van der Waals surface area contributed by atoms with E-state index in [0.29, 0.717) is 5.82 Å². The van der Waals surface area contributed by atoms with Crippen molar-refractivity contribution in [1.29, 1.82) is 0 Å². The van der Waals surface area contributed by atoms with Crippen LogP contribution in [-0.4, -0.2) is 39.2 Å². The number of rotatable bonds is 2. The lowest BCUT2D eigenvalue weighted by Gasteiger charge is -2.14. The van der Waals surface area contributed by atoms with Crippen molar-refractivity contribution in [3.63, 3.8) is 0 Å². The molecule has 0 unspecified atom stereocenters. The summed E-state index contributed by atoms with van der Waals surface area (Å²) in [6.07, 6.45) is 4.21. The molecule has 5 nitrogen and oxygen atoms in total. The first-order chi connectivity index (χ1) is 8.72. The Balaban J connectivity index is 1.85. The quantitative estimate of drug-likeness (QED) is 0.816. The van der Waals surface area contributed by atoms with Crippen LogP contribution in [0.15, 0.2) is 24.5 Å². The number of pyridine rings is 2. The zero-order valence-electron chi connectivity index (χ0n) is 10.1. The predicted molar refractivity (Wildman–Crippen MR) is 69.9 cm³/mol. The first kappa shape index (κ1) is 11.4. The van der Waals surface area contributed by atoms with Crippen LogP contribution in [0.2, 0.25) is 0 Å². The molecule has 0 aromatic carbocycles. The summed E-state index contributed by atoms with van der Waals surface area (Å²) >= 11 is 0. The highest BCUT2D eigenvalue weighted by Crippen LogP contribution is 2.19. The fraction of sp³-hybridized carbons (Fsp3) is 0.385. The van der Waals surface area contributed by atoms with Crippen molar-refractivity contribution in [3.8, 4) is 0 Å². The number of β-amino-alcohol motifs (C(OH)–C–C–N with tert-alkyl or cyclic N) is 1. The standard InChI is InChI=1S/C13H16N4O/c14-13-12-10(1-3-15-13)5-9(6-16-12)7-17-4-2-11(18)8-17/h1,3,5-6,11,18H,2,4,7-8H2,(H2,14,15)/t11-/m1/s1. The van der Waals surface area contributed by atoms with Crippen molar-refractivity contribution in [2.24, 2.45) is 0 Å². The molecule has 1 atom stereocenters. The smallest absolute Gasteiger partial charge is 0.149 e. The van der Waals surface area contributed by atoms with Crippen molar-refractivity contribution in [3.05, 3.63) is 30.1 Å². The number of aromatic nitrogens is 2. The highest BCUT2D eigenvalue weighted by molar-refractivity contribution is 5.87. The molecule has 0 bridgehead atoms.